The Balaban J connectivity index is 3.85. The minimum absolute atomic E-state index is 0.0530. The van der Waals surface area contributed by atoms with E-state index in [-0.39, 0.29) is 38.6 Å². The van der Waals surface area contributed by atoms with Crippen LogP contribution in [0, 0.1) is 0 Å². The van der Waals surface area contributed by atoms with Gasteiger partial charge in [0.15, 0.2) is 6.10 Å². The molecule has 0 aliphatic rings. The molecule has 3 N–H and O–H groups in total. The number of ether oxygens (including phenoxy) is 2. The minimum atomic E-state index is -4.39. The highest BCUT2D eigenvalue weighted by molar-refractivity contribution is 7.47. The van der Waals surface area contributed by atoms with Crippen LogP contribution in [0.2, 0.25) is 0 Å². The fourth-order valence-electron chi connectivity index (χ4n) is 9.54. The maximum atomic E-state index is 12.7. The Morgan fingerprint density at radius 1 is 0.383 bits per heavy atom. The first kappa shape index (κ1) is 77.9. The molecule has 0 heterocycles. The second-order valence-electron chi connectivity index (χ2n) is 22.3. The van der Waals surface area contributed by atoms with Crippen LogP contribution in [0.3, 0.4) is 0 Å². The zero-order chi connectivity index (χ0) is 58.7. The molecular weight excluding hydrogens is 1030 g/mol. The second kappa shape index (κ2) is 66.1. The van der Waals surface area contributed by atoms with Gasteiger partial charge in [0.05, 0.1) is 13.2 Å². The molecule has 0 aliphatic carbocycles. The first-order valence-corrected chi connectivity index (χ1v) is 35.2. The first-order valence-electron chi connectivity index (χ1n) is 33.7. The molecule has 0 bridgehead atoms. The fourth-order valence-corrected chi connectivity index (χ4v) is 10.3. The van der Waals surface area contributed by atoms with E-state index in [9.17, 15) is 19.0 Å². The molecular formula is C71H126NO8P. The van der Waals surface area contributed by atoms with Gasteiger partial charge in [0.1, 0.15) is 6.61 Å². The molecule has 0 saturated carbocycles. The largest absolute Gasteiger partial charge is 0.472 e. The molecule has 0 fully saturated rings. The summed E-state index contributed by atoms with van der Waals surface area (Å²) < 4.78 is 33.1. The molecule has 0 aromatic rings. The fraction of sp³-hybridized carbons (Fsp3) is 0.746. The summed E-state index contributed by atoms with van der Waals surface area (Å²) in [7, 11) is -4.39. The Morgan fingerprint density at radius 2 is 0.679 bits per heavy atom. The molecule has 0 aliphatic heterocycles. The van der Waals surface area contributed by atoms with Crippen molar-refractivity contribution in [3.05, 3.63) is 97.2 Å². The average molecular weight is 1150 g/mol. The van der Waals surface area contributed by atoms with Gasteiger partial charge in [-0.3, -0.25) is 18.6 Å². The summed E-state index contributed by atoms with van der Waals surface area (Å²) in [5, 5.41) is 0. The molecule has 0 amide bonds. The van der Waals surface area contributed by atoms with Gasteiger partial charge in [-0.05, 0) is 77.0 Å². The zero-order valence-corrected chi connectivity index (χ0v) is 53.4. The third-order valence-electron chi connectivity index (χ3n) is 14.5. The molecule has 10 heteroatoms. The normalized spacial score (nSPS) is 13.6. The lowest BCUT2D eigenvalue weighted by atomic mass is 10.0. The molecule has 0 aromatic carbocycles. The van der Waals surface area contributed by atoms with Crippen LogP contribution in [-0.4, -0.2) is 49.3 Å². The van der Waals surface area contributed by atoms with Gasteiger partial charge in [-0.25, -0.2) is 4.57 Å². The number of carbonyl (C=O) groups is 2. The van der Waals surface area contributed by atoms with Gasteiger partial charge in [-0.2, -0.15) is 0 Å². The Bertz CT molecular complexity index is 1650. The predicted octanol–water partition coefficient (Wildman–Crippen LogP) is 22.0. The van der Waals surface area contributed by atoms with E-state index in [1.807, 2.05) is 0 Å². The molecule has 2 atom stereocenters. The minimum Gasteiger partial charge on any atom is -0.462 e. The summed E-state index contributed by atoms with van der Waals surface area (Å²) in [5.41, 5.74) is 5.39. The van der Waals surface area contributed by atoms with Crippen molar-refractivity contribution in [1.82, 2.24) is 0 Å². The molecule has 0 radical (unpaired) electrons. The van der Waals surface area contributed by atoms with Crippen molar-refractivity contribution >= 4 is 19.8 Å². The molecule has 81 heavy (non-hydrogen) atoms. The molecule has 0 saturated heterocycles. The number of hydrogen-bond donors (Lipinski definition) is 2. The van der Waals surface area contributed by atoms with E-state index in [2.05, 4.69) is 111 Å². The Morgan fingerprint density at radius 3 is 1.01 bits per heavy atom. The van der Waals surface area contributed by atoms with E-state index in [1.165, 1.54) is 186 Å². The van der Waals surface area contributed by atoms with Gasteiger partial charge in [0.25, 0.3) is 0 Å². The number of phosphoric acid groups is 1. The van der Waals surface area contributed by atoms with Crippen molar-refractivity contribution in [2.45, 2.75) is 315 Å². The van der Waals surface area contributed by atoms with Crippen LogP contribution < -0.4 is 5.73 Å². The summed E-state index contributed by atoms with van der Waals surface area (Å²) in [6, 6.07) is 0. The van der Waals surface area contributed by atoms with Gasteiger partial charge in [0, 0.05) is 19.4 Å². The van der Waals surface area contributed by atoms with Crippen LogP contribution in [0.15, 0.2) is 97.2 Å². The van der Waals surface area contributed by atoms with Gasteiger partial charge in [0.2, 0.25) is 0 Å². The molecule has 0 rings (SSSR count). The molecule has 0 aromatic heterocycles. The molecule has 468 valence electrons. The van der Waals surface area contributed by atoms with Crippen molar-refractivity contribution in [1.29, 1.82) is 0 Å². The van der Waals surface area contributed by atoms with Crippen molar-refractivity contribution < 1.29 is 37.6 Å². The number of esters is 2. The third kappa shape index (κ3) is 65.9. The van der Waals surface area contributed by atoms with Crippen molar-refractivity contribution in [3.8, 4) is 0 Å². The summed E-state index contributed by atoms with van der Waals surface area (Å²) >= 11 is 0. The SMILES string of the molecule is CC/C=C\C/C=C\C/C=C\C/C=C\C/C=C\C/C=C\C/C=C\C/C=C\CCCCCCCCCCCCCCCCCCC(=O)OC(COC(=O)CCCCCCCCCCCCCCCCCCCCC)COP(=O)(O)OCCN. The topological polar surface area (TPSA) is 134 Å². The molecule has 0 spiro atoms. The number of unbranched alkanes of at least 4 members (excludes halogenated alkanes) is 34. The van der Waals surface area contributed by atoms with Crippen molar-refractivity contribution in [2.75, 3.05) is 26.4 Å². The Kier molecular flexibility index (Phi) is 63.6. The van der Waals surface area contributed by atoms with Crippen molar-refractivity contribution in [3.63, 3.8) is 0 Å². The van der Waals surface area contributed by atoms with Crippen LogP contribution in [0.1, 0.15) is 309 Å². The average Bonchev–Trinajstić information content (AvgIpc) is 3.46. The highest BCUT2D eigenvalue weighted by Crippen LogP contribution is 2.43. The summed E-state index contributed by atoms with van der Waals surface area (Å²) in [4.78, 5) is 35.3. The monoisotopic (exact) mass is 1150 g/mol. The van der Waals surface area contributed by atoms with E-state index in [0.717, 1.165) is 89.9 Å². The Labute approximate surface area is 499 Å². The smallest absolute Gasteiger partial charge is 0.462 e. The van der Waals surface area contributed by atoms with Gasteiger partial charge >= 0.3 is 19.8 Å². The van der Waals surface area contributed by atoms with E-state index in [4.69, 9.17) is 24.3 Å². The van der Waals surface area contributed by atoms with Gasteiger partial charge in [-0.1, -0.05) is 317 Å². The number of phosphoric ester groups is 1. The van der Waals surface area contributed by atoms with Gasteiger partial charge < -0.3 is 20.1 Å². The predicted molar refractivity (Wildman–Crippen MR) is 348 cm³/mol. The summed E-state index contributed by atoms with van der Waals surface area (Å²) in [6.07, 6.45) is 89.2. The highest BCUT2D eigenvalue weighted by Gasteiger charge is 2.26. The van der Waals surface area contributed by atoms with Crippen molar-refractivity contribution in [2.24, 2.45) is 5.73 Å². The highest BCUT2D eigenvalue weighted by atomic mass is 31.2. The van der Waals surface area contributed by atoms with Crippen LogP contribution in [0.4, 0.5) is 0 Å². The summed E-state index contributed by atoms with van der Waals surface area (Å²) in [6.45, 7) is 3.67. The maximum absolute atomic E-state index is 12.7. The van der Waals surface area contributed by atoms with Crippen LogP contribution in [0.25, 0.3) is 0 Å². The number of nitrogens with two attached hydrogens (primary N) is 1. The number of carbonyl (C=O) groups excluding carboxylic acids is 2. The number of allylic oxidation sites excluding steroid dienone is 16. The van der Waals surface area contributed by atoms with E-state index in [0.29, 0.717) is 6.42 Å². The van der Waals surface area contributed by atoms with E-state index < -0.39 is 26.5 Å². The molecule has 9 nitrogen and oxygen atoms in total. The third-order valence-corrected chi connectivity index (χ3v) is 15.5. The Hall–Kier alpha value is -3.07. The maximum Gasteiger partial charge on any atom is 0.472 e. The molecule has 2 unspecified atom stereocenters. The van der Waals surface area contributed by atoms with E-state index in [1.54, 1.807) is 0 Å². The van der Waals surface area contributed by atoms with Crippen LogP contribution >= 0.6 is 7.82 Å². The first-order chi connectivity index (χ1) is 39.8. The quantitative estimate of drug-likeness (QED) is 0.0264. The lowest BCUT2D eigenvalue weighted by Gasteiger charge is -2.19. The summed E-state index contributed by atoms with van der Waals surface area (Å²) in [5.74, 6) is -0.815. The van der Waals surface area contributed by atoms with Crippen LogP contribution in [-0.2, 0) is 32.7 Å². The van der Waals surface area contributed by atoms with Crippen LogP contribution in [0.5, 0.6) is 0 Å². The van der Waals surface area contributed by atoms with E-state index >= 15 is 0 Å². The second-order valence-corrected chi connectivity index (χ2v) is 23.8. The van der Waals surface area contributed by atoms with Gasteiger partial charge in [-0.15, -0.1) is 0 Å². The zero-order valence-electron chi connectivity index (χ0n) is 52.5. The number of rotatable bonds is 63. The standard InChI is InChI=1S/C71H126NO8P/c1-3-5-7-9-11-13-15-17-19-21-23-24-25-26-27-28-29-30-31-32-33-34-35-36-37-38-39-40-41-42-43-44-46-48-50-52-54-56-58-60-62-64-71(74)80-69(68-79-81(75,76)78-66-65-72)67-77-70(73)63-61-59-57-55-53-51-49-47-45-22-20-18-16-14-12-10-8-6-4-2/h5,7,11,13,17,19,23-24,26-27,29-30,32-33,35-36,69H,3-4,6,8-10,12,14-16,18,20-22,25,28,31,34,37-68,72H2,1-2H3,(H,75,76)/b7-5-,13-11-,19-17-,24-23-,27-26-,30-29-,33-32-,36-35-. The lowest BCUT2D eigenvalue weighted by molar-refractivity contribution is -0.161. The number of hydrogen-bond acceptors (Lipinski definition) is 8. The lowest BCUT2D eigenvalue weighted by Crippen LogP contribution is -2.29.